The first kappa shape index (κ1) is 21.8. The topological polar surface area (TPSA) is 81.8 Å². The van der Waals surface area contributed by atoms with Crippen molar-refractivity contribution in [1.29, 1.82) is 0 Å². The van der Waals surface area contributed by atoms with Crippen molar-refractivity contribution in [1.82, 2.24) is 24.9 Å². The number of aryl methyl sites for hydroxylation is 2. The second-order valence-corrected chi connectivity index (χ2v) is 8.17. The van der Waals surface area contributed by atoms with Crippen LogP contribution in [0, 0.1) is 13.8 Å². The van der Waals surface area contributed by atoms with E-state index >= 15 is 0 Å². The smallest absolute Gasteiger partial charge is 0.278 e. The van der Waals surface area contributed by atoms with E-state index in [0.29, 0.717) is 40.3 Å². The van der Waals surface area contributed by atoms with Crippen LogP contribution in [0.2, 0.25) is 5.02 Å². The van der Waals surface area contributed by atoms with Crippen molar-refractivity contribution >= 4 is 28.4 Å². The molecule has 7 nitrogen and oxygen atoms in total. The molecule has 0 aliphatic carbocycles. The number of nitrogens with one attached hydrogen (secondary N) is 1. The molecule has 4 aromatic rings. The van der Waals surface area contributed by atoms with E-state index < -0.39 is 6.04 Å². The third kappa shape index (κ3) is 4.16. The molecule has 2 aromatic heterocycles. The molecule has 0 saturated heterocycles. The van der Waals surface area contributed by atoms with Crippen LogP contribution in [-0.2, 0) is 11.2 Å². The molecule has 2 aromatic carbocycles. The number of para-hydroxylation sites is 1. The predicted octanol–water partition coefficient (Wildman–Crippen LogP) is 3.77. The van der Waals surface area contributed by atoms with Crippen LogP contribution >= 0.6 is 11.6 Å². The lowest BCUT2D eigenvalue weighted by molar-refractivity contribution is -0.124. The monoisotopic (exact) mass is 449 g/mol. The molecule has 2 heterocycles. The third-order valence-electron chi connectivity index (χ3n) is 5.51. The maximum absolute atomic E-state index is 13.3. The van der Waals surface area contributed by atoms with Crippen molar-refractivity contribution in [2.24, 2.45) is 0 Å². The van der Waals surface area contributed by atoms with Crippen LogP contribution in [0.5, 0.6) is 0 Å². The molecule has 1 unspecified atom stereocenters. The number of benzene rings is 2. The van der Waals surface area contributed by atoms with Gasteiger partial charge in [-0.2, -0.15) is 10.2 Å². The second kappa shape index (κ2) is 8.96. The largest absolute Gasteiger partial charge is 0.354 e. The molecule has 8 heteroatoms. The van der Waals surface area contributed by atoms with Gasteiger partial charge < -0.3 is 5.32 Å². The molecule has 0 bridgehead atoms. The first-order chi connectivity index (χ1) is 15.4. The molecule has 1 atom stereocenters. The van der Waals surface area contributed by atoms with E-state index in [2.05, 4.69) is 15.5 Å². The molecule has 32 heavy (non-hydrogen) atoms. The van der Waals surface area contributed by atoms with Gasteiger partial charge in [0.1, 0.15) is 11.6 Å². The molecule has 0 spiro atoms. The Hall–Kier alpha value is -3.45. The number of nitrogens with zero attached hydrogens (tertiary/aromatic N) is 4. The van der Waals surface area contributed by atoms with Crippen molar-refractivity contribution in [3.63, 3.8) is 0 Å². The molecular weight excluding hydrogens is 426 g/mol. The first-order valence-electron chi connectivity index (χ1n) is 10.4. The summed E-state index contributed by atoms with van der Waals surface area (Å²) >= 11 is 5.91. The summed E-state index contributed by atoms with van der Waals surface area (Å²) < 4.78 is 2.99. The fourth-order valence-corrected chi connectivity index (χ4v) is 3.83. The fraction of sp³-hybridized carbons (Fsp3) is 0.250. The van der Waals surface area contributed by atoms with Crippen molar-refractivity contribution in [2.75, 3.05) is 6.54 Å². The molecule has 1 N–H and O–H groups in total. The van der Waals surface area contributed by atoms with Crippen LogP contribution in [0.25, 0.3) is 16.6 Å². The van der Waals surface area contributed by atoms with Gasteiger partial charge in [-0.25, -0.2) is 9.36 Å². The zero-order chi connectivity index (χ0) is 22.8. The minimum absolute atomic E-state index is 0.264. The van der Waals surface area contributed by atoms with Crippen molar-refractivity contribution < 1.29 is 4.79 Å². The standard InChI is InChI=1S/C24H24ClN5O2/c1-15-22-21(16(2)29(28-22)20-7-5-4-6-8-20)24(32)30(27-15)17(3)23(31)26-14-13-18-9-11-19(25)12-10-18/h4-12,17H,13-14H2,1-3H3,(H,26,31). The van der Waals surface area contributed by atoms with E-state index in [4.69, 9.17) is 11.6 Å². The average Bonchev–Trinajstić information content (AvgIpc) is 3.15. The highest BCUT2D eigenvalue weighted by Crippen LogP contribution is 2.20. The van der Waals surface area contributed by atoms with Gasteiger partial charge in [0.05, 0.1) is 22.5 Å². The normalized spacial score (nSPS) is 12.1. The lowest BCUT2D eigenvalue weighted by Gasteiger charge is -2.15. The Kier molecular flexibility index (Phi) is 6.10. The predicted molar refractivity (Wildman–Crippen MR) is 125 cm³/mol. The summed E-state index contributed by atoms with van der Waals surface area (Å²) in [7, 11) is 0. The fourth-order valence-electron chi connectivity index (χ4n) is 3.70. The van der Waals surface area contributed by atoms with Crippen LogP contribution in [0.1, 0.15) is 29.9 Å². The van der Waals surface area contributed by atoms with Crippen molar-refractivity contribution in [2.45, 2.75) is 33.2 Å². The number of halogens is 1. The van der Waals surface area contributed by atoms with Crippen molar-refractivity contribution in [3.05, 3.63) is 86.9 Å². The SMILES string of the molecule is Cc1nn(C(C)C(=O)NCCc2ccc(Cl)cc2)c(=O)c2c(C)n(-c3ccccc3)nc12. The zero-order valence-electron chi connectivity index (χ0n) is 18.2. The number of carbonyl (C=O) groups is 1. The molecule has 0 aliphatic rings. The summed E-state index contributed by atoms with van der Waals surface area (Å²) in [6, 6.07) is 16.4. The van der Waals surface area contributed by atoms with E-state index in [9.17, 15) is 9.59 Å². The maximum Gasteiger partial charge on any atom is 0.278 e. The van der Waals surface area contributed by atoms with Gasteiger partial charge in [0.15, 0.2) is 0 Å². The highest BCUT2D eigenvalue weighted by Gasteiger charge is 2.23. The summed E-state index contributed by atoms with van der Waals surface area (Å²) in [5.41, 5.74) is 3.45. The third-order valence-corrected chi connectivity index (χ3v) is 5.76. The highest BCUT2D eigenvalue weighted by molar-refractivity contribution is 6.30. The molecule has 0 fully saturated rings. The number of fused-ring (bicyclic) bond motifs is 1. The first-order valence-corrected chi connectivity index (χ1v) is 10.8. The van der Waals surface area contributed by atoms with Gasteiger partial charge in [-0.1, -0.05) is 41.9 Å². The Bertz CT molecular complexity index is 1330. The number of hydrogen-bond donors (Lipinski definition) is 1. The van der Waals surface area contributed by atoms with Gasteiger partial charge in [0, 0.05) is 11.6 Å². The number of aromatic nitrogens is 4. The van der Waals surface area contributed by atoms with Gasteiger partial charge in [-0.3, -0.25) is 9.59 Å². The molecule has 0 saturated carbocycles. The molecule has 4 rings (SSSR count). The Labute approximate surface area is 190 Å². The van der Waals surface area contributed by atoms with E-state index in [0.717, 1.165) is 11.3 Å². The molecule has 1 amide bonds. The van der Waals surface area contributed by atoms with E-state index in [-0.39, 0.29) is 11.5 Å². The average molecular weight is 450 g/mol. The van der Waals surface area contributed by atoms with Crippen LogP contribution in [-0.4, -0.2) is 32.0 Å². The Morgan fingerprint density at radius 1 is 1.06 bits per heavy atom. The van der Waals surface area contributed by atoms with Crippen LogP contribution in [0.3, 0.4) is 0 Å². The molecular formula is C24H24ClN5O2. The number of hydrogen-bond acceptors (Lipinski definition) is 4. The van der Waals surface area contributed by atoms with Gasteiger partial charge in [0.25, 0.3) is 5.56 Å². The molecule has 0 radical (unpaired) electrons. The summed E-state index contributed by atoms with van der Waals surface area (Å²) in [6.45, 7) is 5.77. The second-order valence-electron chi connectivity index (χ2n) is 7.73. The van der Waals surface area contributed by atoms with E-state index in [1.165, 1.54) is 4.68 Å². The van der Waals surface area contributed by atoms with Gasteiger partial charge >= 0.3 is 0 Å². The minimum Gasteiger partial charge on any atom is -0.354 e. The summed E-state index contributed by atoms with van der Waals surface area (Å²) in [6.07, 6.45) is 0.666. The summed E-state index contributed by atoms with van der Waals surface area (Å²) in [5, 5.41) is 13.0. The van der Waals surface area contributed by atoms with E-state index in [1.54, 1.807) is 18.5 Å². The van der Waals surface area contributed by atoms with Crippen LogP contribution < -0.4 is 10.9 Å². The Balaban J connectivity index is 1.58. The van der Waals surface area contributed by atoms with Gasteiger partial charge in [0.2, 0.25) is 5.91 Å². The van der Waals surface area contributed by atoms with Crippen molar-refractivity contribution in [3.8, 4) is 5.69 Å². The maximum atomic E-state index is 13.3. The number of carbonyl (C=O) groups excluding carboxylic acids is 1. The van der Waals surface area contributed by atoms with Crippen LogP contribution in [0.15, 0.2) is 59.4 Å². The Morgan fingerprint density at radius 3 is 2.44 bits per heavy atom. The quantitative estimate of drug-likeness (QED) is 0.485. The lowest BCUT2D eigenvalue weighted by Crippen LogP contribution is -2.38. The minimum atomic E-state index is -0.754. The summed E-state index contributed by atoms with van der Waals surface area (Å²) in [4.78, 5) is 26.0. The van der Waals surface area contributed by atoms with Gasteiger partial charge in [-0.05, 0) is 57.0 Å². The Morgan fingerprint density at radius 2 is 1.75 bits per heavy atom. The highest BCUT2D eigenvalue weighted by atomic mass is 35.5. The zero-order valence-corrected chi connectivity index (χ0v) is 18.9. The molecule has 0 aliphatic heterocycles. The van der Waals surface area contributed by atoms with E-state index in [1.807, 2.05) is 61.5 Å². The lowest BCUT2D eigenvalue weighted by atomic mass is 10.1. The number of amides is 1. The molecule has 164 valence electrons. The summed E-state index contributed by atoms with van der Waals surface area (Å²) in [5.74, 6) is -0.264. The number of rotatable bonds is 6. The van der Waals surface area contributed by atoms with Gasteiger partial charge in [-0.15, -0.1) is 0 Å². The van der Waals surface area contributed by atoms with Crippen LogP contribution in [0.4, 0.5) is 0 Å².